The Balaban J connectivity index is 1.88. The van der Waals surface area contributed by atoms with E-state index in [1.165, 1.54) is 0 Å². The van der Waals surface area contributed by atoms with E-state index in [1.807, 2.05) is 35.2 Å². The maximum Gasteiger partial charge on any atom is 0.253 e. The van der Waals surface area contributed by atoms with Gasteiger partial charge in [-0.3, -0.25) is 9.78 Å². The third-order valence-electron chi connectivity index (χ3n) is 3.69. The molecule has 1 aromatic carbocycles. The van der Waals surface area contributed by atoms with Crippen LogP contribution in [0, 0.1) is 0 Å². The number of hydrogen-bond acceptors (Lipinski definition) is 3. The van der Waals surface area contributed by atoms with Gasteiger partial charge in [-0.15, -0.1) is 0 Å². The first-order chi connectivity index (χ1) is 9.63. The van der Waals surface area contributed by atoms with E-state index in [9.17, 15) is 4.79 Å². The number of benzene rings is 1. The lowest BCUT2D eigenvalue weighted by Gasteiger charge is -2.36. The summed E-state index contributed by atoms with van der Waals surface area (Å²) in [5, 5.41) is 4.45. The van der Waals surface area contributed by atoms with Gasteiger partial charge in [-0.1, -0.05) is 6.07 Å². The second kappa shape index (κ2) is 5.21. The van der Waals surface area contributed by atoms with Crippen molar-refractivity contribution in [3.8, 4) is 0 Å². The van der Waals surface area contributed by atoms with Crippen LogP contribution in [0.25, 0.3) is 10.9 Å². The van der Waals surface area contributed by atoms with E-state index < -0.39 is 0 Å². The maximum atomic E-state index is 12.6. The molecule has 1 N–H and O–H groups in total. The van der Waals surface area contributed by atoms with Crippen molar-refractivity contribution >= 4 is 16.8 Å². The first-order valence-electron chi connectivity index (χ1n) is 7.03. The molecule has 0 radical (unpaired) electrons. The molecular weight excluding hydrogens is 250 g/mol. The Morgan fingerprint density at radius 2 is 2.00 bits per heavy atom. The molecule has 2 atom stereocenters. The van der Waals surface area contributed by atoms with E-state index in [1.54, 1.807) is 6.20 Å². The van der Waals surface area contributed by atoms with Gasteiger partial charge in [0.25, 0.3) is 5.91 Å². The summed E-state index contributed by atoms with van der Waals surface area (Å²) >= 11 is 0. The molecule has 1 aromatic heterocycles. The Morgan fingerprint density at radius 1 is 1.25 bits per heavy atom. The van der Waals surface area contributed by atoms with Gasteiger partial charge < -0.3 is 10.2 Å². The number of aromatic nitrogens is 1. The lowest BCUT2D eigenvalue weighted by atomic mass is 10.1. The summed E-state index contributed by atoms with van der Waals surface area (Å²) in [5.41, 5.74) is 1.66. The molecule has 0 saturated carbocycles. The zero-order valence-electron chi connectivity index (χ0n) is 11.8. The van der Waals surface area contributed by atoms with E-state index in [2.05, 4.69) is 24.1 Å². The van der Waals surface area contributed by atoms with Gasteiger partial charge in [-0.05, 0) is 38.1 Å². The summed E-state index contributed by atoms with van der Waals surface area (Å²) < 4.78 is 0. The van der Waals surface area contributed by atoms with Gasteiger partial charge in [0, 0.05) is 42.3 Å². The van der Waals surface area contributed by atoms with Crippen molar-refractivity contribution in [1.29, 1.82) is 0 Å². The summed E-state index contributed by atoms with van der Waals surface area (Å²) in [5.74, 6) is 0.107. The number of amides is 1. The minimum absolute atomic E-state index is 0.107. The molecule has 104 valence electrons. The Hall–Kier alpha value is -1.94. The summed E-state index contributed by atoms with van der Waals surface area (Å²) in [6.07, 6.45) is 1.77. The molecular formula is C16H19N3O. The molecule has 4 heteroatoms. The van der Waals surface area contributed by atoms with Gasteiger partial charge in [-0.2, -0.15) is 0 Å². The van der Waals surface area contributed by atoms with Crippen molar-refractivity contribution in [2.45, 2.75) is 25.9 Å². The minimum Gasteiger partial charge on any atom is -0.336 e. The molecule has 0 bridgehead atoms. The van der Waals surface area contributed by atoms with E-state index in [0.717, 1.165) is 29.6 Å². The molecule has 1 aliphatic rings. The highest BCUT2D eigenvalue weighted by Crippen LogP contribution is 2.16. The van der Waals surface area contributed by atoms with Crippen molar-refractivity contribution in [3.63, 3.8) is 0 Å². The lowest BCUT2D eigenvalue weighted by molar-refractivity contribution is 0.0674. The molecule has 1 saturated heterocycles. The molecule has 3 rings (SSSR count). The molecule has 0 spiro atoms. The molecule has 1 amide bonds. The van der Waals surface area contributed by atoms with E-state index in [-0.39, 0.29) is 5.91 Å². The zero-order valence-corrected chi connectivity index (χ0v) is 11.8. The average molecular weight is 269 g/mol. The lowest BCUT2D eigenvalue weighted by Crippen LogP contribution is -2.55. The predicted molar refractivity (Wildman–Crippen MR) is 79.7 cm³/mol. The van der Waals surface area contributed by atoms with Gasteiger partial charge in [-0.25, -0.2) is 0 Å². The topological polar surface area (TPSA) is 45.2 Å². The van der Waals surface area contributed by atoms with Crippen LogP contribution in [0.1, 0.15) is 24.2 Å². The number of piperazine rings is 1. The molecule has 20 heavy (non-hydrogen) atoms. The van der Waals surface area contributed by atoms with Crippen molar-refractivity contribution in [3.05, 3.63) is 42.1 Å². The van der Waals surface area contributed by atoms with Crippen molar-refractivity contribution in [1.82, 2.24) is 15.2 Å². The largest absolute Gasteiger partial charge is 0.336 e. The maximum absolute atomic E-state index is 12.6. The van der Waals surface area contributed by atoms with E-state index in [0.29, 0.717) is 12.1 Å². The normalized spacial score (nSPS) is 23.0. The van der Waals surface area contributed by atoms with Crippen LogP contribution in [0.4, 0.5) is 0 Å². The highest BCUT2D eigenvalue weighted by atomic mass is 16.2. The number of hydrogen-bond donors (Lipinski definition) is 1. The van der Waals surface area contributed by atoms with Crippen LogP contribution >= 0.6 is 0 Å². The van der Waals surface area contributed by atoms with Crippen LogP contribution in [0.3, 0.4) is 0 Å². The van der Waals surface area contributed by atoms with E-state index >= 15 is 0 Å². The second-order valence-corrected chi connectivity index (χ2v) is 5.59. The first kappa shape index (κ1) is 13.1. The van der Waals surface area contributed by atoms with Gasteiger partial charge in [0.1, 0.15) is 0 Å². The van der Waals surface area contributed by atoms with Gasteiger partial charge >= 0.3 is 0 Å². The van der Waals surface area contributed by atoms with Crippen LogP contribution in [0.5, 0.6) is 0 Å². The Kier molecular flexibility index (Phi) is 3.40. The highest BCUT2D eigenvalue weighted by molar-refractivity contribution is 5.98. The fourth-order valence-electron chi connectivity index (χ4n) is 2.88. The fourth-order valence-corrected chi connectivity index (χ4v) is 2.88. The van der Waals surface area contributed by atoms with Crippen molar-refractivity contribution in [2.24, 2.45) is 0 Å². The number of rotatable bonds is 1. The van der Waals surface area contributed by atoms with E-state index in [4.69, 9.17) is 0 Å². The number of nitrogens with zero attached hydrogens (tertiary/aromatic N) is 2. The monoisotopic (exact) mass is 269 g/mol. The molecule has 4 nitrogen and oxygen atoms in total. The van der Waals surface area contributed by atoms with Crippen molar-refractivity contribution in [2.75, 3.05) is 13.1 Å². The van der Waals surface area contributed by atoms with Gasteiger partial charge in [0.2, 0.25) is 0 Å². The second-order valence-electron chi connectivity index (χ2n) is 5.59. The predicted octanol–water partition coefficient (Wildman–Crippen LogP) is 2.06. The standard InChI is InChI=1S/C16H19N3O/c1-11-9-19(10-12(2)18-11)16(20)14-5-6-15-13(8-14)4-3-7-17-15/h3-8,11-12,18H,9-10H2,1-2H3/t11-,12-/m0/s1. The number of carbonyl (C=O) groups excluding carboxylic acids is 1. The first-order valence-corrected chi connectivity index (χ1v) is 7.03. The number of nitrogens with one attached hydrogen (secondary N) is 1. The number of fused-ring (bicyclic) bond motifs is 1. The third-order valence-corrected chi connectivity index (χ3v) is 3.69. The Bertz CT molecular complexity index is 630. The van der Waals surface area contributed by atoms with Crippen LogP contribution in [-0.2, 0) is 0 Å². The smallest absolute Gasteiger partial charge is 0.253 e. The Labute approximate surface area is 118 Å². The number of pyridine rings is 1. The summed E-state index contributed by atoms with van der Waals surface area (Å²) in [6.45, 7) is 5.74. The molecule has 0 unspecified atom stereocenters. The van der Waals surface area contributed by atoms with Gasteiger partial charge in [0.05, 0.1) is 5.52 Å². The molecule has 0 aliphatic carbocycles. The van der Waals surface area contributed by atoms with Crippen LogP contribution < -0.4 is 5.32 Å². The zero-order chi connectivity index (χ0) is 14.1. The summed E-state index contributed by atoms with van der Waals surface area (Å²) in [6, 6.07) is 10.3. The molecule has 1 fully saturated rings. The van der Waals surface area contributed by atoms with Crippen LogP contribution in [-0.4, -0.2) is 41.0 Å². The quantitative estimate of drug-likeness (QED) is 0.862. The fraction of sp³-hybridized carbons (Fsp3) is 0.375. The minimum atomic E-state index is 0.107. The number of carbonyl (C=O) groups is 1. The molecule has 2 aromatic rings. The molecule has 1 aliphatic heterocycles. The van der Waals surface area contributed by atoms with Gasteiger partial charge in [0.15, 0.2) is 0 Å². The average Bonchev–Trinajstić information content (AvgIpc) is 2.45. The SMILES string of the molecule is C[C@H]1CN(C(=O)c2ccc3ncccc3c2)C[C@H](C)N1. The molecule has 2 heterocycles. The summed E-state index contributed by atoms with van der Waals surface area (Å²) in [4.78, 5) is 18.8. The Morgan fingerprint density at radius 3 is 2.75 bits per heavy atom. The van der Waals surface area contributed by atoms with Crippen LogP contribution in [0.15, 0.2) is 36.5 Å². The van der Waals surface area contributed by atoms with Crippen LogP contribution in [0.2, 0.25) is 0 Å². The third kappa shape index (κ3) is 2.51. The highest BCUT2D eigenvalue weighted by Gasteiger charge is 2.25. The summed E-state index contributed by atoms with van der Waals surface area (Å²) in [7, 11) is 0. The van der Waals surface area contributed by atoms with Crippen molar-refractivity contribution < 1.29 is 4.79 Å².